The van der Waals surface area contributed by atoms with Crippen LogP contribution in [0.2, 0.25) is 0 Å². The largest absolute Gasteiger partial charge is 0.481 e. The van der Waals surface area contributed by atoms with Crippen molar-refractivity contribution in [1.82, 2.24) is 0 Å². The summed E-state index contributed by atoms with van der Waals surface area (Å²) in [6.07, 6.45) is 0.828. The lowest BCUT2D eigenvalue weighted by atomic mass is 10.1. The molecule has 1 heterocycles. The number of amides is 1. The highest BCUT2D eigenvalue weighted by Gasteiger charge is 2.24. The van der Waals surface area contributed by atoms with Crippen LogP contribution in [-0.2, 0) is 16.0 Å². The summed E-state index contributed by atoms with van der Waals surface area (Å²) in [5.41, 5.74) is 3.29. The molecule has 2 rings (SSSR count). The van der Waals surface area contributed by atoms with Gasteiger partial charge >= 0.3 is 5.97 Å². The third kappa shape index (κ3) is 2.46. The number of aliphatic carboxylic acids is 1. The monoisotopic (exact) mass is 233 g/mol. The quantitative estimate of drug-likeness (QED) is 0.865. The zero-order valence-electron chi connectivity index (χ0n) is 9.77. The summed E-state index contributed by atoms with van der Waals surface area (Å²) in [6, 6.07) is 6.00. The summed E-state index contributed by atoms with van der Waals surface area (Å²) in [7, 11) is 0. The lowest BCUT2D eigenvalue weighted by Gasteiger charge is -2.16. The molecule has 90 valence electrons. The number of aryl methyl sites for hydroxylation is 1. The predicted molar refractivity (Wildman–Crippen MR) is 64.1 cm³/mol. The molecule has 1 aromatic carbocycles. The predicted octanol–water partition coefficient (Wildman–Crippen LogP) is 1.75. The van der Waals surface area contributed by atoms with Crippen molar-refractivity contribution in [3.8, 4) is 0 Å². The third-order valence-corrected chi connectivity index (χ3v) is 2.98. The van der Waals surface area contributed by atoms with Crippen LogP contribution in [0.25, 0.3) is 0 Å². The first kappa shape index (κ1) is 11.6. The Morgan fingerprint density at radius 3 is 2.82 bits per heavy atom. The highest BCUT2D eigenvalue weighted by atomic mass is 16.4. The van der Waals surface area contributed by atoms with Gasteiger partial charge in [-0.25, -0.2) is 0 Å². The first-order valence-electron chi connectivity index (χ1n) is 5.69. The first-order chi connectivity index (χ1) is 8.08. The van der Waals surface area contributed by atoms with Crippen LogP contribution in [0.3, 0.4) is 0 Å². The van der Waals surface area contributed by atoms with E-state index in [0.29, 0.717) is 6.54 Å². The van der Waals surface area contributed by atoms with E-state index in [2.05, 4.69) is 6.07 Å². The molecular formula is C13H15NO3. The van der Waals surface area contributed by atoms with E-state index < -0.39 is 5.97 Å². The molecule has 4 heteroatoms. The molecule has 1 aromatic rings. The molecular weight excluding hydrogens is 218 g/mol. The Morgan fingerprint density at radius 2 is 2.12 bits per heavy atom. The number of anilines is 1. The van der Waals surface area contributed by atoms with Gasteiger partial charge in [-0.3, -0.25) is 9.59 Å². The van der Waals surface area contributed by atoms with Gasteiger partial charge in [0, 0.05) is 18.7 Å². The molecule has 1 aliphatic rings. The van der Waals surface area contributed by atoms with Crippen LogP contribution < -0.4 is 4.90 Å². The summed E-state index contributed by atoms with van der Waals surface area (Å²) in [4.78, 5) is 24.0. The lowest BCUT2D eigenvalue weighted by molar-refractivity contribution is -0.138. The zero-order valence-corrected chi connectivity index (χ0v) is 9.77. The number of hydrogen-bond acceptors (Lipinski definition) is 2. The van der Waals surface area contributed by atoms with Crippen molar-refractivity contribution in [1.29, 1.82) is 0 Å². The summed E-state index contributed by atoms with van der Waals surface area (Å²) < 4.78 is 0. The second-order valence-electron chi connectivity index (χ2n) is 4.32. The summed E-state index contributed by atoms with van der Waals surface area (Å²) in [6.45, 7) is 2.69. The van der Waals surface area contributed by atoms with Crippen LogP contribution in [-0.4, -0.2) is 23.5 Å². The van der Waals surface area contributed by atoms with E-state index in [-0.39, 0.29) is 18.7 Å². The van der Waals surface area contributed by atoms with E-state index in [4.69, 9.17) is 5.11 Å². The van der Waals surface area contributed by atoms with Gasteiger partial charge in [-0.2, -0.15) is 0 Å². The molecule has 0 aromatic heterocycles. The van der Waals surface area contributed by atoms with Gasteiger partial charge < -0.3 is 10.0 Å². The Balaban J connectivity index is 2.11. The fraction of sp³-hybridized carbons (Fsp3) is 0.385. The van der Waals surface area contributed by atoms with Crippen molar-refractivity contribution < 1.29 is 14.7 Å². The Bertz CT molecular complexity index is 468. The fourth-order valence-electron chi connectivity index (χ4n) is 2.14. The Labute approximate surface area is 99.9 Å². The maximum atomic E-state index is 11.9. The smallest absolute Gasteiger partial charge is 0.303 e. The molecule has 0 fully saturated rings. The first-order valence-corrected chi connectivity index (χ1v) is 5.69. The van der Waals surface area contributed by atoms with Crippen molar-refractivity contribution in [2.75, 3.05) is 11.4 Å². The van der Waals surface area contributed by atoms with Gasteiger partial charge in [0.05, 0.1) is 6.42 Å². The minimum Gasteiger partial charge on any atom is -0.481 e. The normalized spacial score (nSPS) is 13.6. The van der Waals surface area contributed by atoms with Gasteiger partial charge in [0.1, 0.15) is 0 Å². The van der Waals surface area contributed by atoms with E-state index in [1.54, 1.807) is 4.90 Å². The van der Waals surface area contributed by atoms with E-state index in [0.717, 1.165) is 12.1 Å². The summed E-state index contributed by atoms with van der Waals surface area (Å²) >= 11 is 0. The van der Waals surface area contributed by atoms with Gasteiger partial charge in [-0.1, -0.05) is 17.7 Å². The maximum Gasteiger partial charge on any atom is 0.303 e. The Hall–Kier alpha value is -1.84. The number of carbonyl (C=O) groups is 2. The molecule has 0 radical (unpaired) electrons. The number of hydrogen-bond donors (Lipinski definition) is 1. The number of nitrogens with zero attached hydrogens (tertiary/aromatic N) is 1. The van der Waals surface area contributed by atoms with Gasteiger partial charge in [-0.15, -0.1) is 0 Å². The van der Waals surface area contributed by atoms with Crippen molar-refractivity contribution in [3.63, 3.8) is 0 Å². The average molecular weight is 233 g/mol. The highest BCUT2D eigenvalue weighted by molar-refractivity contribution is 5.96. The van der Waals surface area contributed by atoms with Crippen molar-refractivity contribution in [2.24, 2.45) is 0 Å². The van der Waals surface area contributed by atoms with Crippen molar-refractivity contribution in [2.45, 2.75) is 26.2 Å². The number of carbonyl (C=O) groups excluding carboxylic acids is 1. The second-order valence-corrected chi connectivity index (χ2v) is 4.32. The topological polar surface area (TPSA) is 57.6 Å². The number of carboxylic acid groups (broad SMARTS) is 1. The average Bonchev–Trinajstić information content (AvgIpc) is 2.68. The molecule has 0 spiro atoms. The number of fused-ring (bicyclic) bond motifs is 1. The molecule has 17 heavy (non-hydrogen) atoms. The maximum absolute atomic E-state index is 11.9. The molecule has 4 nitrogen and oxygen atoms in total. The van der Waals surface area contributed by atoms with Crippen LogP contribution in [0.4, 0.5) is 5.69 Å². The van der Waals surface area contributed by atoms with Crippen LogP contribution in [0, 0.1) is 6.92 Å². The SMILES string of the molecule is Cc1ccc2c(c1)CCN2C(=O)CCC(=O)O. The minimum absolute atomic E-state index is 0.0721. The molecule has 0 aliphatic carbocycles. The molecule has 0 bridgehead atoms. The molecule has 0 unspecified atom stereocenters. The number of rotatable bonds is 3. The van der Waals surface area contributed by atoms with Gasteiger partial charge in [0.25, 0.3) is 0 Å². The summed E-state index contributed by atoms with van der Waals surface area (Å²) in [5, 5.41) is 8.57. The molecule has 0 saturated heterocycles. The Morgan fingerprint density at radius 1 is 1.35 bits per heavy atom. The van der Waals surface area contributed by atoms with Crippen molar-refractivity contribution in [3.05, 3.63) is 29.3 Å². The standard InChI is InChI=1S/C13H15NO3/c1-9-2-3-11-10(8-9)6-7-14(11)12(15)4-5-13(16)17/h2-3,8H,4-7H2,1H3,(H,16,17). The molecule has 1 N–H and O–H groups in total. The van der Waals surface area contributed by atoms with Crippen molar-refractivity contribution >= 4 is 17.6 Å². The molecule has 0 saturated carbocycles. The van der Waals surface area contributed by atoms with E-state index in [1.165, 1.54) is 11.1 Å². The van der Waals surface area contributed by atoms with Crippen LogP contribution >= 0.6 is 0 Å². The van der Waals surface area contributed by atoms with E-state index >= 15 is 0 Å². The third-order valence-electron chi connectivity index (χ3n) is 2.98. The number of carboxylic acids is 1. The minimum atomic E-state index is -0.929. The fourth-order valence-corrected chi connectivity index (χ4v) is 2.14. The van der Waals surface area contributed by atoms with Gasteiger partial charge in [0.15, 0.2) is 0 Å². The highest BCUT2D eigenvalue weighted by Crippen LogP contribution is 2.29. The second kappa shape index (κ2) is 4.57. The molecule has 1 aliphatic heterocycles. The zero-order chi connectivity index (χ0) is 12.4. The lowest BCUT2D eigenvalue weighted by Crippen LogP contribution is -2.29. The van der Waals surface area contributed by atoms with Crippen LogP contribution in [0.1, 0.15) is 24.0 Å². The van der Waals surface area contributed by atoms with Crippen LogP contribution in [0.5, 0.6) is 0 Å². The van der Waals surface area contributed by atoms with E-state index in [1.807, 2.05) is 19.1 Å². The van der Waals surface area contributed by atoms with Crippen LogP contribution in [0.15, 0.2) is 18.2 Å². The summed E-state index contributed by atoms with van der Waals surface area (Å²) in [5.74, 6) is -1.03. The number of benzene rings is 1. The van der Waals surface area contributed by atoms with E-state index in [9.17, 15) is 9.59 Å². The van der Waals surface area contributed by atoms with Gasteiger partial charge in [0.2, 0.25) is 5.91 Å². The molecule has 1 amide bonds. The van der Waals surface area contributed by atoms with Gasteiger partial charge in [-0.05, 0) is 25.0 Å². The molecule has 0 atom stereocenters. The Kier molecular flexibility index (Phi) is 3.13.